The number of carbonyl (C=O) groups is 2. The summed E-state index contributed by atoms with van der Waals surface area (Å²) in [4.78, 5) is 44.0. The Morgan fingerprint density at radius 1 is 0.944 bits per heavy atom. The van der Waals surface area contributed by atoms with Crippen molar-refractivity contribution in [3.8, 4) is 11.3 Å². The summed E-state index contributed by atoms with van der Waals surface area (Å²) in [7, 11) is 0. The Kier molecular flexibility index (Phi) is 7.29. The SMILES string of the molecule is CCc1cccc(C)c1NC(=O)Cn1c(=O)c(-c2ccccc2NC(=O)C(C)C)nc2ccccc21. The molecule has 4 rings (SSSR count). The second-order valence-electron chi connectivity index (χ2n) is 9.04. The van der Waals surface area contributed by atoms with Crippen molar-refractivity contribution in [1.82, 2.24) is 9.55 Å². The fourth-order valence-electron chi connectivity index (χ4n) is 4.13. The highest BCUT2D eigenvalue weighted by molar-refractivity contribution is 5.97. The van der Waals surface area contributed by atoms with Crippen LogP contribution in [0.15, 0.2) is 71.5 Å². The molecule has 0 aliphatic heterocycles. The van der Waals surface area contributed by atoms with E-state index in [-0.39, 0.29) is 30.0 Å². The molecule has 4 aromatic rings. The molecule has 0 radical (unpaired) electrons. The summed E-state index contributed by atoms with van der Waals surface area (Å²) in [5, 5.41) is 5.89. The van der Waals surface area contributed by atoms with Crippen molar-refractivity contribution in [2.45, 2.75) is 40.7 Å². The number of nitrogens with one attached hydrogen (secondary N) is 2. The van der Waals surface area contributed by atoms with Crippen molar-refractivity contribution in [3.63, 3.8) is 0 Å². The maximum atomic E-state index is 13.7. The normalized spacial score (nSPS) is 11.0. The summed E-state index contributed by atoms with van der Waals surface area (Å²) in [5.41, 5.74) is 4.68. The maximum Gasteiger partial charge on any atom is 0.278 e. The highest BCUT2D eigenvalue weighted by Gasteiger charge is 2.19. The van der Waals surface area contributed by atoms with Gasteiger partial charge in [-0.2, -0.15) is 0 Å². The van der Waals surface area contributed by atoms with E-state index in [1.807, 2.05) is 44.2 Å². The lowest BCUT2D eigenvalue weighted by molar-refractivity contribution is -0.119. The minimum absolute atomic E-state index is 0.159. The molecule has 36 heavy (non-hydrogen) atoms. The minimum atomic E-state index is -0.407. The van der Waals surface area contributed by atoms with Crippen LogP contribution >= 0.6 is 0 Å². The van der Waals surface area contributed by atoms with Crippen LogP contribution in [-0.2, 0) is 22.6 Å². The second-order valence-corrected chi connectivity index (χ2v) is 9.04. The zero-order valence-corrected chi connectivity index (χ0v) is 21.0. The quantitative estimate of drug-likeness (QED) is 0.380. The van der Waals surface area contributed by atoms with Crippen LogP contribution in [0.2, 0.25) is 0 Å². The van der Waals surface area contributed by atoms with Gasteiger partial charge in [0.15, 0.2) is 0 Å². The third kappa shape index (κ3) is 5.05. The molecule has 0 spiro atoms. The third-order valence-corrected chi connectivity index (χ3v) is 6.12. The van der Waals surface area contributed by atoms with Gasteiger partial charge in [0, 0.05) is 17.2 Å². The first-order valence-corrected chi connectivity index (χ1v) is 12.1. The van der Waals surface area contributed by atoms with Crippen LogP contribution < -0.4 is 16.2 Å². The lowest BCUT2D eigenvalue weighted by atomic mass is 10.1. The zero-order chi connectivity index (χ0) is 25.8. The topological polar surface area (TPSA) is 93.1 Å². The molecule has 0 bridgehead atoms. The number of fused-ring (bicyclic) bond motifs is 1. The Morgan fingerprint density at radius 3 is 2.42 bits per heavy atom. The Hall–Kier alpha value is -4.26. The van der Waals surface area contributed by atoms with Gasteiger partial charge in [0.05, 0.1) is 16.7 Å². The molecule has 7 heteroatoms. The standard InChI is InChI=1S/C29H30N4O3/c1-5-20-12-10-11-19(4)26(20)32-25(34)17-33-24-16-9-8-15-23(24)30-27(29(33)36)21-13-6-7-14-22(21)31-28(35)18(2)3/h6-16,18H,5,17H2,1-4H3,(H,31,35)(H,32,34). The first-order chi connectivity index (χ1) is 17.3. The summed E-state index contributed by atoms with van der Waals surface area (Å²) in [6, 6.07) is 20.2. The Balaban J connectivity index is 1.79. The average molecular weight is 483 g/mol. The van der Waals surface area contributed by atoms with E-state index < -0.39 is 5.56 Å². The van der Waals surface area contributed by atoms with Crippen LogP contribution in [0.4, 0.5) is 11.4 Å². The van der Waals surface area contributed by atoms with Crippen molar-refractivity contribution in [1.29, 1.82) is 0 Å². The molecule has 0 saturated heterocycles. The summed E-state index contributed by atoms with van der Waals surface area (Å²) in [6.45, 7) is 7.41. The second kappa shape index (κ2) is 10.6. The number of amides is 2. The number of carbonyl (C=O) groups excluding carboxylic acids is 2. The van der Waals surface area contributed by atoms with Gasteiger partial charge in [-0.3, -0.25) is 19.0 Å². The molecule has 1 heterocycles. The molecule has 1 aromatic heterocycles. The molecular weight excluding hydrogens is 452 g/mol. The monoisotopic (exact) mass is 482 g/mol. The van der Waals surface area contributed by atoms with Gasteiger partial charge in [0.2, 0.25) is 11.8 Å². The van der Waals surface area contributed by atoms with Crippen LogP contribution in [0, 0.1) is 12.8 Å². The van der Waals surface area contributed by atoms with Gasteiger partial charge in [0.25, 0.3) is 5.56 Å². The number of rotatable bonds is 7. The van der Waals surface area contributed by atoms with E-state index in [2.05, 4.69) is 15.6 Å². The van der Waals surface area contributed by atoms with Gasteiger partial charge in [-0.05, 0) is 42.7 Å². The Morgan fingerprint density at radius 2 is 1.67 bits per heavy atom. The number of hydrogen-bond acceptors (Lipinski definition) is 4. The number of para-hydroxylation sites is 4. The van der Waals surface area contributed by atoms with Crippen molar-refractivity contribution in [2.24, 2.45) is 5.92 Å². The van der Waals surface area contributed by atoms with Gasteiger partial charge in [-0.1, -0.05) is 69.3 Å². The predicted molar refractivity (Wildman–Crippen MR) is 144 cm³/mol. The van der Waals surface area contributed by atoms with E-state index >= 15 is 0 Å². The summed E-state index contributed by atoms with van der Waals surface area (Å²) < 4.78 is 1.44. The number of nitrogens with zero attached hydrogens (tertiary/aromatic N) is 2. The molecule has 0 aliphatic carbocycles. The first kappa shape index (κ1) is 24.9. The molecule has 7 nitrogen and oxygen atoms in total. The molecule has 2 amide bonds. The fraction of sp³-hybridized carbons (Fsp3) is 0.241. The smallest absolute Gasteiger partial charge is 0.278 e. The van der Waals surface area contributed by atoms with Crippen LogP contribution in [-0.4, -0.2) is 21.4 Å². The summed E-state index contributed by atoms with van der Waals surface area (Å²) in [6.07, 6.45) is 0.776. The molecule has 3 aromatic carbocycles. The first-order valence-electron chi connectivity index (χ1n) is 12.1. The van der Waals surface area contributed by atoms with Crippen LogP contribution in [0.5, 0.6) is 0 Å². The summed E-state index contributed by atoms with van der Waals surface area (Å²) >= 11 is 0. The van der Waals surface area contributed by atoms with Crippen molar-refractivity contribution < 1.29 is 9.59 Å². The zero-order valence-electron chi connectivity index (χ0n) is 21.0. The Bertz CT molecular complexity index is 1500. The van der Waals surface area contributed by atoms with E-state index in [9.17, 15) is 14.4 Å². The highest BCUT2D eigenvalue weighted by atomic mass is 16.2. The number of aromatic nitrogens is 2. The fourth-order valence-corrected chi connectivity index (χ4v) is 4.13. The summed E-state index contributed by atoms with van der Waals surface area (Å²) in [5.74, 6) is -0.685. The van der Waals surface area contributed by atoms with E-state index in [1.165, 1.54) is 4.57 Å². The number of hydrogen-bond donors (Lipinski definition) is 2. The third-order valence-electron chi connectivity index (χ3n) is 6.12. The highest BCUT2D eigenvalue weighted by Crippen LogP contribution is 2.26. The van der Waals surface area contributed by atoms with Crippen LogP contribution in [0.3, 0.4) is 0 Å². The molecule has 0 atom stereocenters. The minimum Gasteiger partial charge on any atom is -0.325 e. The van der Waals surface area contributed by atoms with Crippen LogP contribution in [0.25, 0.3) is 22.3 Å². The van der Waals surface area contributed by atoms with E-state index in [1.54, 1.807) is 50.2 Å². The number of benzene rings is 3. The predicted octanol–water partition coefficient (Wildman–Crippen LogP) is 5.17. The molecule has 0 fully saturated rings. The van der Waals surface area contributed by atoms with E-state index in [0.29, 0.717) is 22.3 Å². The largest absolute Gasteiger partial charge is 0.325 e. The van der Waals surface area contributed by atoms with Crippen LogP contribution in [0.1, 0.15) is 31.9 Å². The van der Waals surface area contributed by atoms with Crippen molar-refractivity contribution in [3.05, 3.63) is 88.2 Å². The van der Waals surface area contributed by atoms with Gasteiger partial charge >= 0.3 is 0 Å². The van der Waals surface area contributed by atoms with Gasteiger partial charge in [0.1, 0.15) is 12.2 Å². The molecule has 0 unspecified atom stereocenters. The number of aryl methyl sites for hydroxylation is 2. The molecule has 2 N–H and O–H groups in total. The van der Waals surface area contributed by atoms with Crippen molar-refractivity contribution >= 4 is 34.2 Å². The lowest BCUT2D eigenvalue weighted by Gasteiger charge is -2.16. The lowest BCUT2D eigenvalue weighted by Crippen LogP contribution is -2.30. The van der Waals surface area contributed by atoms with Crippen molar-refractivity contribution in [2.75, 3.05) is 10.6 Å². The molecule has 0 aliphatic rings. The molecular formula is C29H30N4O3. The van der Waals surface area contributed by atoms with Gasteiger partial charge in [-0.15, -0.1) is 0 Å². The molecule has 0 saturated carbocycles. The average Bonchev–Trinajstić information content (AvgIpc) is 2.87. The van der Waals surface area contributed by atoms with Gasteiger partial charge in [-0.25, -0.2) is 4.98 Å². The van der Waals surface area contributed by atoms with Gasteiger partial charge < -0.3 is 10.6 Å². The number of anilines is 2. The molecule has 184 valence electrons. The Labute approximate surface area is 210 Å². The maximum absolute atomic E-state index is 13.7. The van der Waals surface area contributed by atoms with E-state index in [0.717, 1.165) is 23.2 Å². The van der Waals surface area contributed by atoms with E-state index in [4.69, 9.17) is 0 Å².